The third kappa shape index (κ3) is 6.44. The van der Waals surface area contributed by atoms with Crippen molar-refractivity contribution in [2.75, 3.05) is 24.6 Å². The maximum absolute atomic E-state index is 13.9. The normalized spacial score (nSPS) is 30.9. The first-order valence-electron chi connectivity index (χ1n) is 16.9. The molecular weight excluding hydrogens is 632 g/mol. The number of nitrogens with zero attached hydrogens (tertiary/aromatic N) is 1. The fourth-order valence-corrected chi connectivity index (χ4v) is 10.1. The van der Waals surface area contributed by atoms with Crippen LogP contribution in [0.5, 0.6) is 5.75 Å². The molecule has 4 aliphatic rings. The molecule has 9 heteroatoms. The van der Waals surface area contributed by atoms with Crippen LogP contribution in [-0.2, 0) is 28.3 Å². The lowest BCUT2D eigenvalue weighted by Gasteiger charge is -2.45. The van der Waals surface area contributed by atoms with E-state index >= 15 is 0 Å². The monoisotopic (exact) mass is 674 g/mol. The first kappa shape index (κ1) is 32.2. The van der Waals surface area contributed by atoms with E-state index < -0.39 is 27.3 Å². The lowest BCUT2D eigenvalue weighted by atomic mass is 9.68. The van der Waals surface area contributed by atoms with Gasteiger partial charge >= 0.3 is 0 Å². The van der Waals surface area contributed by atoms with E-state index in [0.29, 0.717) is 31.9 Å². The Labute approximate surface area is 283 Å². The molecule has 0 saturated heterocycles. The molecule has 1 fully saturated rings. The van der Waals surface area contributed by atoms with Crippen LogP contribution in [0.3, 0.4) is 0 Å². The molecule has 2 N–H and O–H groups in total. The minimum absolute atomic E-state index is 0.103. The van der Waals surface area contributed by atoms with Crippen molar-refractivity contribution in [3.8, 4) is 5.75 Å². The van der Waals surface area contributed by atoms with Gasteiger partial charge in [-0.25, -0.2) is 13.1 Å². The second-order valence-electron chi connectivity index (χ2n) is 14.1. The number of sulfonamides is 1. The summed E-state index contributed by atoms with van der Waals surface area (Å²) in [6, 6.07) is 20.9. The predicted molar refractivity (Wildman–Crippen MR) is 186 cm³/mol. The highest BCUT2D eigenvalue weighted by molar-refractivity contribution is 7.90. The lowest BCUT2D eigenvalue weighted by Crippen LogP contribution is -2.49. The Morgan fingerprint density at radius 1 is 1.09 bits per heavy atom. The number of hydrogen-bond acceptors (Lipinski definition) is 6. The Balaban J connectivity index is 1.28. The van der Waals surface area contributed by atoms with Crippen molar-refractivity contribution in [3.05, 3.63) is 106 Å². The minimum atomic E-state index is -4.07. The van der Waals surface area contributed by atoms with Gasteiger partial charge in [0.1, 0.15) is 5.75 Å². The van der Waals surface area contributed by atoms with Crippen LogP contribution in [0.2, 0.25) is 5.02 Å². The van der Waals surface area contributed by atoms with Crippen LogP contribution in [0.4, 0.5) is 5.69 Å². The van der Waals surface area contributed by atoms with Crippen LogP contribution in [0.15, 0.2) is 78.9 Å². The van der Waals surface area contributed by atoms with Gasteiger partial charge in [0.25, 0.3) is 5.91 Å². The van der Waals surface area contributed by atoms with Gasteiger partial charge in [-0.3, -0.25) is 4.79 Å². The summed E-state index contributed by atoms with van der Waals surface area (Å²) < 4.78 is 36.9. The fourth-order valence-electron chi connectivity index (χ4n) is 8.26. The van der Waals surface area contributed by atoms with E-state index in [1.807, 2.05) is 55.5 Å². The number of halogens is 1. The Morgan fingerprint density at radius 3 is 2.70 bits per heavy atom. The van der Waals surface area contributed by atoms with Crippen LogP contribution < -0.4 is 14.4 Å². The van der Waals surface area contributed by atoms with Gasteiger partial charge in [-0.1, -0.05) is 67.1 Å². The largest absolute Gasteiger partial charge is 0.490 e. The highest BCUT2D eigenvalue weighted by Gasteiger charge is 2.44. The van der Waals surface area contributed by atoms with Crippen LogP contribution in [0, 0.1) is 17.8 Å². The molecule has 0 radical (unpaired) electrons. The molecule has 1 saturated carbocycles. The number of aliphatic hydroxyl groups is 1. The van der Waals surface area contributed by atoms with Crippen molar-refractivity contribution in [1.82, 2.24) is 4.72 Å². The van der Waals surface area contributed by atoms with Crippen molar-refractivity contribution < 1.29 is 23.1 Å². The highest BCUT2D eigenvalue weighted by Crippen LogP contribution is 2.46. The number of hydrogen-bond donors (Lipinski definition) is 2. The summed E-state index contributed by atoms with van der Waals surface area (Å²) in [7, 11) is -4.07. The molecule has 7 nitrogen and oxygen atoms in total. The first-order chi connectivity index (χ1) is 22.6. The van der Waals surface area contributed by atoms with Gasteiger partial charge in [0.2, 0.25) is 10.0 Å². The lowest BCUT2D eigenvalue weighted by molar-refractivity contribution is 0.0456. The molecule has 3 aromatic carbocycles. The number of aryl methyl sites for hydroxylation is 1. The number of fused-ring (bicyclic) bond motifs is 4. The summed E-state index contributed by atoms with van der Waals surface area (Å²) in [4.78, 5) is 16.1. The number of rotatable bonds is 2. The van der Waals surface area contributed by atoms with Crippen LogP contribution in [0.1, 0.15) is 66.1 Å². The number of anilines is 1. The van der Waals surface area contributed by atoms with Gasteiger partial charge in [0.15, 0.2) is 0 Å². The van der Waals surface area contributed by atoms with Crippen LogP contribution in [0.25, 0.3) is 0 Å². The number of carbonyl (C=O) groups excluding carboxylic acids is 1. The molecule has 2 heterocycles. The number of amides is 1. The van der Waals surface area contributed by atoms with E-state index in [1.54, 1.807) is 18.2 Å². The first-order valence-corrected chi connectivity index (χ1v) is 18.8. The molecular formula is C38H43ClN2O5S. The van der Waals surface area contributed by atoms with Crippen molar-refractivity contribution in [3.63, 3.8) is 0 Å². The molecule has 248 valence electrons. The van der Waals surface area contributed by atoms with Gasteiger partial charge in [0.05, 0.1) is 23.6 Å². The summed E-state index contributed by atoms with van der Waals surface area (Å²) in [5.74, 6) is 0.102. The smallest absolute Gasteiger partial charge is 0.264 e. The number of benzene rings is 3. The summed E-state index contributed by atoms with van der Waals surface area (Å²) in [5.41, 5.74) is 4.17. The number of carbonyl (C=O) groups is 1. The molecule has 7 rings (SSSR count). The van der Waals surface area contributed by atoms with Crippen molar-refractivity contribution in [2.24, 2.45) is 17.8 Å². The average Bonchev–Trinajstić information content (AvgIpc) is 3.18. The standard InChI is InChI=1S/C38H43ClN2O5S/c1-25-7-5-11-34(42)31-15-12-29(31)22-41-23-38(18-6-10-27-20-30(39)14-16-32(27)38)24-46-35-17-13-28(21-33(35)41)37(43)40-47(44,45)36(25)19-26-8-3-2-4-9-26/h2-5,8-9,11,13-14,16-17,20-21,25,29,31,34,36,42H,6-7,10,12,15,18-19,22-24H2,1H3,(H,40,43)/b11-5+/t25-,29+,31-,34+,36?,38+/m1/s1. The second kappa shape index (κ2) is 12.9. The van der Waals surface area contributed by atoms with Gasteiger partial charge in [-0.2, -0.15) is 0 Å². The molecule has 47 heavy (non-hydrogen) atoms. The van der Waals surface area contributed by atoms with Crippen molar-refractivity contribution in [1.29, 1.82) is 0 Å². The zero-order chi connectivity index (χ0) is 32.8. The third-order valence-electron chi connectivity index (χ3n) is 11.1. The van der Waals surface area contributed by atoms with Crippen molar-refractivity contribution >= 4 is 33.2 Å². The number of ether oxygens (including phenoxy) is 1. The fraction of sp³-hybridized carbons (Fsp3) is 0.447. The number of allylic oxidation sites excluding steroid dienone is 1. The van der Waals surface area contributed by atoms with E-state index in [0.717, 1.165) is 48.4 Å². The second-order valence-corrected chi connectivity index (χ2v) is 16.5. The Morgan fingerprint density at radius 2 is 1.91 bits per heavy atom. The SMILES string of the molecule is C[C@@H]1C/C=C/[C@H](O)[C@@H]2CC[C@H]2CN2C[C@@]3(CCCc4cc(Cl)ccc43)COc3ccc(cc32)C(=O)NS(=O)(=O)C1Cc1ccccc1. The molecule has 1 amide bonds. The average molecular weight is 675 g/mol. The molecule has 1 unspecified atom stereocenters. The minimum Gasteiger partial charge on any atom is -0.490 e. The zero-order valence-electron chi connectivity index (χ0n) is 26.8. The third-order valence-corrected chi connectivity index (χ3v) is 13.2. The van der Waals surface area contributed by atoms with Crippen LogP contribution >= 0.6 is 11.6 Å². The Hall–Kier alpha value is -3.33. The highest BCUT2D eigenvalue weighted by atomic mass is 35.5. The Bertz CT molecular complexity index is 1780. The maximum Gasteiger partial charge on any atom is 0.264 e. The molecule has 2 aliphatic carbocycles. The maximum atomic E-state index is 13.9. The summed E-state index contributed by atoms with van der Waals surface area (Å²) in [5, 5.41) is 11.2. The van der Waals surface area contributed by atoms with Gasteiger partial charge in [-0.05, 0) is 110 Å². The predicted octanol–water partition coefficient (Wildman–Crippen LogP) is 6.47. The topological polar surface area (TPSA) is 95.9 Å². The van der Waals surface area contributed by atoms with E-state index in [2.05, 4.69) is 21.8 Å². The summed E-state index contributed by atoms with van der Waals surface area (Å²) >= 11 is 6.42. The molecule has 2 bridgehead atoms. The number of nitrogens with one attached hydrogen (secondary N) is 1. The van der Waals surface area contributed by atoms with Gasteiger partial charge in [0, 0.05) is 29.1 Å². The van der Waals surface area contributed by atoms with Gasteiger partial charge in [-0.15, -0.1) is 0 Å². The zero-order valence-corrected chi connectivity index (χ0v) is 28.3. The quantitative estimate of drug-likeness (QED) is 0.303. The van der Waals surface area contributed by atoms with E-state index in [9.17, 15) is 18.3 Å². The molecule has 0 aromatic heterocycles. The molecule has 1 spiro atoms. The molecule has 3 aromatic rings. The molecule has 6 atom stereocenters. The van der Waals surface area contributed by atoms with Gasteiger partial charge < -0.3 is 14.7 Å². The van der Waals surface area contributed by atoms with Crippen molar-refractivity contribution in [2.45, 2.75) is 68.6 Å². The van der Waals surface area contributed by atoms with Crippen LogP contribution in [-0.4, -0.2) is 50.5 Å². The summed E-state index contributed by atoms with van der Waals surface area (Å²) in [6.07, 6.45) is 8.78. The van der Waals surface area contributed by atoms with E-state index in [-0.39, 0.29) is 35.2 Å². The molecule has 2 aliphatic heterocycles. The van der Waals surface area contributed by atoms with E-state index in [4.69, 9.17) is 16.3 Å². The van der Waals surface area contributed by atoms with E-state index in [1.165, 1.54) is 11.1 Å². The summed E-state index contributed by atoms with van der Waals surface area (Å²) in [6.45, 7) is 3.77. The number of aliphatic hydroxyl groups excluding tert-OH is 1. The Kier molecular flexibility index (Phi) is 8.87.